The number of ketones is 1. The highest BCUT2D eigenvalue weighted by atomic mass is 32.1. The number of esters is 1. The zero-order chi connectivity index (χ0) is 26.1. The van der Waals surface area contributed by atoms with Crippen LogP contribution in [-0.2, 0) is 14.3 Å². The molecule has 1 fully saturated rings. The van der Waals surface area contributed by atoms with Gasteiger partial charge in [-0.2, -0.15) is 0 Å². The molecule has 0 spiro atoms. The Balaban J connectivity index is 1.64. The molecule has 1 N–H and O–H groups in total. The van der Waals surface area contributed by atoms with Gasteiger partial charge in [-0.25, -0.2) is 4.79 Å². The molecule has 1 aliphatic heterocycles. The summed E-state index contributed by atoms with van der Waals surface area (Å²) in [6.07, 6.45) is 4.82. The molecule has 5 rings (SSSR count). The Kier molecular flexibility index (Phi) is 7.29. The van der Waals surface area contributed by atoms with Crippen molar-refractivity contribution in [2.45, 2.75) is 63.4 Å². The van der Waals surface area contributed by atoms with Crippen molar-refractivity contribution in [3.63, 3.8) is 0 Å². The first-order valence-electron chi connectivity index (χ1n) is 12.7. The van der Waals surface area contributed by atoms with Crippen LogP contribution in [0.4, 0.5) is 0 Å². The predicted molar refractivity (Wildman–Crippen MR) is 141 cm³/mol. The second kappa shape index (κ2) is 10.6. The normalized spacial score (nSPS) is 22.0. The van der Waals surface area contributed by atoms with E-state index in [0.29, 0.717) is 52.5 Å². The highest BCUT2D eigenvalue weighted by Crippen LogP contribution is 2.51. The molecule has 0 amide bonds. The van der Waals surface area contributed by atoms with Crippen molar-refractivity contribution >= 4 is 23.1 Å². The summed E-state index contributed by atoms with van der Waals surface area (Å²) in [7, 11) is 4.66. The molecule has 1 saturated carbocycles. The van der Waals surface area contributed by atoms with E-state index < -0.39 is 11.9 Å². The maximum Gasteiger partial charge on any atom is 0.337 e. The molecule has 196 valence electrons. The number of rotatable bonds is 7. The zero-order valence-corrected chi connectivity index (χ0v) is 22.5. The van der Waals surface area contributed by atoms with E-state index in [0.717, 1.165) is 31.4 Å². The molecule has 0 unspecified atom stereocenters. The van der Waals surface area contributed by atoms with Gasteiger partial charge in [0.2, 0.25) is 5.75 Å². The van der Waals surface area contributed by atoms with Crippen LogP contribution in [0.15, 0.2) is 52.2 Å². The zero-order valence-electron chi connectivity index (χ0n) is 21.7. The van der Waals surface area contributed by atoms with Gasteiger partial charge in [0.25, 0.3) is 0 Å². The maximum atomic E-state index is 13.8. The molecule has 37 heavy (non-hydrogen) atoms. The van der Waals surface area contributed by atoms with Crippen molar-refractivity contribution in [1.82, 2.24) is 5.32 Å². The number of hydrogen-bond acceptors (Lipinski definition) is 8. The standard InChI is InChI=1S/C29H33NO6S/c1-16-24(29(32)36-18-8-5-6-9-18)25(19-11-12-22(33-2)28(35-4)27(19)34-3)26-20(30-16)14-17(15-21(26)31)23-10-7-13-37-23/h7,10-13,17-18,25,30H,5-6,8-9,14-15H2,1-4H3/t17-,25-/m1/s1. The Labute approximate surface area is 221 Å². The van der Waals surface area contributed by atoms with E-state index in [9.17, 15) is 9.59 Å². The first kappa shape index (κ1) is 25.4. The molecule has 7 nitrogen and oxygen atoms in total. The Morgan fingerprint density at radius 3 is 2.41 bits per heavy atom. The summed E-state index contributed by atoms with van der Waals surface area (Å²) in [5.41, 5.74) is 3.27. The average Bonchev–Trinajstić information content (AvgIpc) is 3.61. The molecule has 0 saturated heterocycles. The first-order valence-corrected chi connectivity index (χ1v) is 13.6. The fraction of sp³-hybridized carbons (Fsp3) is 0.448. The topological polar surface area (TPSA) is 83.1 Å². The summed E-state index contributed by atoms with van der Waals surface area (Å²) < 4.78 is 22.9. The molecule has 2 atom stereocenters. The minimum absolute atomic E-state index is 0.0210. The van der Waals surface area contributed by atoms with E-state index in [4.69, 9.17) is 18.9 Å². The van der Waals surface area contributed by atoms with E-state index >= 15 is 0 Å². The molecule has 1 aromatic heterocycles. The van der Waals surface area contributed by atoms with Crippen molar-refractivity contribution < 1.29 is 28.5 Å². The van der Waals surface area contributed by atoms with Gasteiger partial charge in [-0.3, -0.25) is 4.79 Å². The van der Waals surface area contributed by atoms with Crippen LogP contribution < -0.4 is 19.5 Å². The predicted octanol–water partition coefficient (Wildman–Crippen LogP) is 5.62. The molecule has 0 bridgehead atoms. The van der Waals surface area contributed by atoms with E-state index in [1.807, 2.05) is 24.4 Å². The summed E-state index contributed by atoms with van der Waals surface area (Å²) in [5, 5.41) is 5.47. The van der Waals surface area contributed by atoms with Crippen LogP contribution >= 0.6 is 11.3 Å². The first-order chi connectivity index (χ1) is 18.0. The van der Waals surface area contributed by atoms with Crippen molar-refractivity contribution in [2.24, 2.45) is 0 Å². The van der Waals surface area contributed by atoms with Crippen LogP contribution in [0.3, 0.4) is 0 Å². The molecule has 0 radical (unpaired) electrons. The number of dihydropyridines is 1. The number of nitrogens with one attached hydrogen (secondary N) is 1. The number of methoxy groups -OCH3 is 3. The van der Waals surface area contributed by atoms with Gasteiger partial charge >= 0.3 is 5.97 Å². The van der Waals surface area contributed by atoms with Crippen molar-refractivity contribution in [2.75, 3.05) is 21.3 Å². The van der Waals surface area contributed by atoms with Gasteiger partial charge in [0.15, 0.2) is 17.3 Å². The number of carbonyl (C=O) groups excluding carboxylic acids is 2. The summed E-state index contributed by atoms with van der Waals surface area (Å²) in [4.78, 5) is 28.7. The molecular weight excluding hydrogens is 490 g/mol. The SMILES string of the molecule is COc1ccc([C@@H]2C(C(=O)OC3CCCC3)=C(C)NC3=C2C(=O)C[C@H](c2cccs2)C3)c(OC)c1OC. The van der Waals surface area contributed by atoms with Gasteiger partial charge < -0.3 is 24.3 Å². The number of hydrogen-bond donors (Lipinski definition) is 1. The number of thiophene rings is 1. The highest BCUT2D eigenvalue weighted by molar-refractivity contribution is 7.10. The lowest BCUT2D eigenvalue weighted by Crippen LogP contribution is -2.36. The van der Waals surface area contributed by atoms with E-state index in [-0.39, 0.29) is 17.8 Å². The molecule has 1 aromatic carbocycles. The molecule has 2 aromatic rings. The van der Waals surface area contributed by atoms with Crippen LogP contribution in [0.5, 0.6) is 17.2 Å². The monoisotopic (exact) mass is 523 g/mol. The molecular formula is C29H33NO6S. The quantitative estimate of drug-likeness (QED) is 0.472. The van der Waals surface area contributed by atoms with Gasteiger partial charge in [0, 0.05) is 39.7 Å². The van der Waals surface area contributed by atoms with Crippen LogP contribution in [0.25, 0.3) is 0 Å². The molecule has 2 aliphatic carbocycles. The average molecular weight is 524 g/mol. The van der Waals surface area contributed by atoms with Gasteiger partial charge in [0.05, 0.1) is 32.8 Å². The van der Waals surface area contributed by atoms with E-state index in [2.05, 4.69) is 11.4 Å². The van der Waals surface area contributed by atoms with Crippen molar-refractivity contribution in [1.29, 1.82) is 0 Å². The van der Waals surface area contributed by atoms with Gasteiger partial charge in [-0.15, -0.1) is 11.3 Å². The number of carbonyl (C=O) groups is 2. The summed E-state index contributed by atoms with van der Waals surface area (Å²) in [5.74, 6) is 0.459. The second-order valence-corrected chi connectivity index (χ2v) is 10.7. The van der Waals surface area contributed by atoms with E-state index in [1.165, 1.54) is 4.88 Å². The third-order valence-corrected chi connectivity index (χ3v) is 8.65. The lowest BCUT2D eigenvalue weighted by molar-refractivity contribution is -0.144. The Morgan fingerprint density at radius 2 is 1.76 bits per heavy atom. The molecule has 3 aliphatic rings. The van der Waals surface area contributed by atoms with Crippen molar-refractivity contribution in [3.8, 4) is 17.2 Å². The number of benzene rings is 1. The fourth-order valence-corrected chi connectivity index (χ4v) is 6.75. The number of ether oxygens (including phenoxy) is 4. The van der Waals surface area contributed by atoms with E-state index in [1.54, 1.807) is 38.7 Å². The Bertz CT molecular complexity index is 1260. The van der Waals surface area contributed by atoms with Gasteiger partial charge in [-0.05, 0) is 56.5 Å². The minimum atomic E-state index is -0.642. The number of allylic oxidation sites excluding steroid dienone is 3. The summed E-state index contributed by atoms with van der Waals surface area (Å²) in [6.45, 7) is 1.88. The molecule has 8 heteroatoms. The van der Waals surface area contributed by atoms with Crippen molar-refractivity contribution in [3.05, 3.63) is 62.6 Å². The van der Waals surface area contributed by atoms with Crippen LogP contribution in [0.1, 0.15) is 67.7 Å². The smallest absolute Gasteiger partial charge is 0.337 e. The highest BCUT2D eigenvalue weighted by Gasteiger charge is 2.43. The fourth-order valence-electron chi connectivity index (χ4n) is 5.92. The Morgan fingerprint density at radius 1 is 1.00 bits per heavy atom. The third kappa shape index (κ3) is 4.63. The van der Waals surface area contributed by atoms with Crippen LogP contribution in [0, 0.1) is 0 Å². The third-order valence-electron chi connectivity index (χ3n) is 7.61. The summed E-state index contributed by atoms with van der Waals surface area (Å²) in [6, 6.07) is 7.74. The lowest BCUT2D eigenvalue weighted by atomic mass is 9.72. The number of Topliss-reactive ketones (excluding diaryl/α,β-unsaturated/α-hetero) is 1. The molecule has 2 heterocycles. The van der Waals surface area contributed by atoms with Crippen LogP contribution in [0.2, 0.25) is 0 Å². The maximum absolute atomic E-state index is 13.8. The minimum Gasteiger partial charge on any atom is -0.493 e. The van der Waals surface area contributed by atoms with Crippen LogP contribution in [-0.4, -0.2) is 39.2 Å². The second-order valence-electron chi connectivity index (χ2n) is 9.77. The Hall–Kier alpha value is -3.26. The lowest BCUT2D eigenvalue weighted by Gasteiger charge is -2.37. The largest absolute Gasteiger partial charge is 0.493 e. The summed E-state index contributed by atoms with van der Waals surface area (Å²) >= 11 is 1.67. The van der Waals surface area contributed by atoms with Gasteiger partial charge in [0.1, 0.15) is 6.10 Å². The van der Waals surface area contributed by atoms with Gasteiger partial charge in [-0.1, -0.05) is 12.1 Å².